The van der Waals surface area contributed by atoms with E-state index < -0.39 is 0 Å². The van der Waals surface area contributed by atoms with E-state index >= 15 is 0 Å². The molecule has 22 heavy (non-hydrogen) atoms. The van der Waals surface area contributed by atoms with Crippen LogP contribution in [0, 0.1) is 5.92 Å². The molecule has 0 radical (unpaired) electrons. The quantitative estimate of drug-likeness (QED) is 0.573. The number of carbonyl (C=O) groups is 1. The molecule has 0 bridgehead atoms. The summed E-state index contributed by atoms with van der Waals surface area (Å²) < 4.78 is 2.72. The SMILES string of the molecule is CC1CCCC/C1=N\NC(=O)CNc1c(Br)cc(Br)cc1Br. The molecule has 1 aliphatic carbocycles. The van der Waals surface area contributed by atoms with Crippen LogP contribution in [0.15, 0.2) is 30.7 Å². The predicted molar refractivity (Wildman–Crippen MR) is 101 cm³/mol. The van der Waals surface area contributed by atoms with Crippen LogP contribution in [0.4, 0.5) is 5.69 Å². The molecule has 7 heteroatoms. The zero-order valence-electron chi connectivity index (χ0n) is 12.3. The van der Waals surface area contributed by atoms with Crippen LogP contribution in [0.5, 0.6) is 0 Å². The number of nitrogens with one attached hydrogen (secondary N) is 2. The molecule has 2 rings (SSSR count). The Bertz CT molecular complexity index is 566. The Morgan fingerprint density at radius 2 is 1.95 bits per heavy atom. The third-order valence-electron chi connectivity index (χ3n) is 3.65. The summed E-state index contributed by atoms with van der Waals surface area (Å²) in [5.41, 5.74) is 4.60. The van der Waals surface area contributed by atoms with Crippen molar-refractivity contribution in [2.24, 2.45) is 11.0 Å². The summed E-state index contributed by atoms with van der Waals surface area (Å²) in [4.78, 5) is 11.9. The second kappa shape index (κ2) is 8.45. The molecule has 1 atom stereocenters. The van der Waals surface area contributed by atoms with E-state index in [9.17, 15) is 4.79 Å². The highest BCUT2D eigenvalue weighted by molar-refractivity contribution is 9.11. The molecular weight excluding hydrogens is 478 g/mol. The summed E-state index contributed by atoms with van der Waals surface area (Å²) in [5, 5.41) is 7.39. The van der Waals surface area contributed by atoms with Crippen molar-refractivity contribution in [3.05, 3.63) is 25.6 Å². The summed E-state index contributed by atoms with van der Waals surface area (Å²) in [6.07, 6.45) is 4.56. The van der Waals surface area contributed by atoms with Crippen LogP contribution < -0.4 is 10.7 Å². The van der Waals surface area contributed by atoms with Crippen LogP contribution in [0.2, 0.25) is 0 Å². The fourth-order valence-electron chi connectivity index (χ4n) is 2.39. The van der Waals surface area contributed by atoms with E-state index in [2.05, 4.69) is 70.6 Å². The minimum atomic E-state index is -0.146. The Morgan fingerprint density at radius 1 is 1.27 bits per heavy atom. The molecular formula is C15H18Br3N3O. The van der Waals surface area contributed by atoms with Gasteiger partial charge in [0.2, 0.25) is 0 Å². The minimum Gasteiger partial charge on any atom is -0.374 e. The molecule has 1 unspecified atom stereocenters. The summed E-state index contributed by atoms with van der Waals surface area (Å²) >= 11 is 10.4. The largest absolute Gasteiger partial charge is 0.374 e. The molecule has 1 saturated carbocycles. The predicted octanol–water partition coefficient (Wildman–Crippen LogP) is 5.07. The first kappa shape index (κ1) is 17.9. The van der Waals surface area contributed by atoms with E-state index in [-0.39, 0.29) is 12.5 Å². The molecule has 4 nitrogen and oxygen atoms in total. The molecule has 1 aromatic carbocycles. The molecule has 0 aliphatic heterocycles. The number of amides is 1. The van der Waals surface area contributed by atoms with Crippen molar-refractivity contribution >= 4 is 65.1 Å². The van der Waals surface area contributed by atoms with Gasteiger partial charge in [-0.3, -0.25) is 4.79 Å². The monoisotopic (exact) mass is 493 g/mol. The van der Waals surface area contributed by atoms with Crippen molar-refractivity contribution in [3.8, 4) is 0 Å². The van der Waals surface area contributed by atoms with Crippen molar-refractivity contribution in [1.82, 2.24) is 5.43 Å². The van der Waals surface area contributed by atoms with Crippen LogP contribution in [0.3, 0.4) is 0 Å². The summed E-state index contributed by atoms with van der Waals surface area (Å²) in [5.74, 6) is 0.323. The second-order valence-electron chi connectivity index (χ2n) is 5.38. The maximum absolute atomic E-state index is 11.9. The molecule has 0 aromatic heterocycles. The first-order chi connectivity index (χ1) is 10.5. The number of hydrogen-bond acceptors (Lipinski definition) is 3. The number of rotatable bonds is 4. The number of hydrazone groups is 1. The first-order valence-electron chi connectivity index (χ1n) is 7.21. The van der Waals surface area contributed by atoms with Gasteiger partial charge in [0.25, 0.3) is 5.91 Å². The van der Waals surface area contributed by atoms with Crippen molar-refractivity contribution in [3.63, 3.8) is 0 Å². The Hall–Kier alpha value is -0.400. The number of halogens is 3. The van der Waals surface area contributed by atoms with Crippen LogP contribution in [-0.4, -0.2) is 18.2 Å². The van der Waals surface area contributed by atoms with Crippen LogP contribution >= 0.6 is 47.8 Å². The van der Waals surface area contributed by atoms with Crippen molar-refractivity contribution in [2.75, 3.05) is 11.9 Å². The van der Waals surface area contributed by atoms with Gasteiger partial charge in [0.05, 0.1) is 12.2 Å². The zero-order chi connectivity index (χ0) is 16.1. The lowest BCUT2D eigenvalue weighted by molar-refractivity contribution is -0.119. The van der Waals surface area contributed by atoms with Gasteiger partial charge in [-0.15, -0.1) is 0 Å². The van der Waals surface area contributed by atoms with Gasteiger partial charge in [-0.2, -0.15) is 5.10 Å². The van der Waals surface area contributed by atoms with Gasteiger partial charge in [0, 0.05) is 19.1 Å². The fraction of sp³-hybridized carbons (Fsp3) is 0.467. The second-order valence-corrected chi connectivity index (χ2v) is 8.01. The van der Waals surface area contributed by atoms with E-state index in [0.29, 0.717) is 5.92 Å². The number of nitrogens with zero attached hydrogens (tertiary/aromatic N) is 1. The van der Waals surface area contributed by atoms with Gasteiger partial charge in [-0.1, -0.05) is 29.3 Å². The van der Waals surface area contributed by atoms with Crippen molar-refractivity contribution in [1.29, 1.82) is 0 Å². The zero-order valence-corrected chi connectivity index (χ0v) is 17.0. The maximum atomic E-state index is 11.9. The van der Waals surface area contributed by atoms with E-state index in [4.69, 9.17) is 0 Å². The number of hydrogen-bond donors (Lipinski definition) is 2. The fourth-order valence-corrected chi connectivity index (χ4v) is 4.93. The highest BCUT2D eigenvalue weighted by Crippen LogP contribution is 2.34. The summed E-state index contributed by atoms with van der Waals surface area (Å²) in [6, 6.07) is 3.85. The Kier molecular flexibility index (Phi) is 6.89. The van der Waals surface area contributed by atoms with E-state index in [1.165, 1.54) is 6.42 Å². The topological polar surface area (TPSA) is 53.5 Å². The Labute approximate surface area is 155 Å². The van der Waals surface area contributed by atoms with E-state index in [1.54, 1.807) is 0 Å². The molecule has 0 heterocycles. The smallest absolute Gasteiger partial charge is 0.259 e. The highest BCUT2D eigenvalue weighted by atomic mass is 79.9. The van der Waals surface area contributed by atoms with Gasteiger partial charge < -0.3 is 5.32 Å². The molecule has 120 valence electrons. The van der Waals surface area contributed by atoms with Gasteiger partial charge >= 0.3 is 0 Å². The lowest BCUT2D eigenvalue weighted by atomic mass is 9.89. The van der Waals surface area contributed by atoms with Gasteiger partial charge in [0.15, 0.2) is 0 Å². The molecule has 2 N–H and O–H groups in total. The van der Waals surface area contributed by atoms with Crippen molar-refractivity contribution in [2.45, 2.75) is 32.6 Å². The third kappa shape index (κ3) is 5.06. The van der Waals surface area contributed by atoms with Crippen LogP contribution in [0.25, 0.3) is 0 Å². The van der Waals surface area contributed by atoms with Gasteiger partial charge in [0.1, 0.15) is 0 Å². The summed E-state index contributed by atoms with van der Waals surface area (Å²) in [6.45, 7) is 2.34. The highest BCUT2D eigenvalue weighted by Gasteiger charge is 2.16. The van der Waals surface area contributed by atoms with E-state index in [0.717, 1.165) is 44.1 Å². The number of carbonyl (C=O) groups excluding carboxylic acids is 1. The molecule has 0 saturated heterocycles. The normalized spacial score (nSPS) is 20.0. The summed E-state index contributed by atoms with van der Waals surface area (Å²) in [7, 11) is 0. The van der Waals surface area contributed by atoms with Crippen LogP contribution in [0.1, 0.15) is 32.6 Å². The maximum Gasteiger partial charge on any atom is 0.259 e. The Balaban J connectivity index is 1.89. The number of benzene rings is 1. The van der Waals surface area contributed by atoms with E-state index in [1.807, 2.05) is 12.1 Å². The lowest BCUT2D eigenvalue weighted by Crippen LogP contribution is -2.29. The van der Waals surface area contributed by atoms with Gasteiger partial charge in [-0.05, 0) is 69.2 Å². The van der Waals surface area contributed by atoms with Gasteiger partial charge in [-0.25, -0.2) is 5.43 Å². The minimum absolute atomic E-state index is 0.146. The first-order valence-corrected chi connectivity index (χ1v) is 9.59. The molecule has 1 amide bonds. The van der Waals surface area contributed by atoms with Crippen molar-refractivity contribution < 1.29 is 4.79 Å². The van der Waals surface area contributed by atoms with Crippen LogP contribution in [-0.2, 0) is 4.79 Å². The molecule has 1 aromatic rings. The average Bonchev–Trinajstić information content (AvgIpc) is 2.45. The number of anilines is 1. The third-order valence-corrected chi connectivity index (χ3v) is 5.35. The molecule has 1 aliphatic rings. The average molecular weight is 496 g/mol. The Morgan fingerprint density at radius 3 is 2.59 bits per heavy atom. The standard InChI is InChI=1S/C15H18Br3N3O/c1-9-4-2-3-5-13(9)20-21-14(22)8-19-15-11(17)6-10(16)7-12(15)18/h6-7,9,19H,2-5,8H2,1H3,(H,21,22)/b20-13+. The lowest BCUT2D eigenvalue weighted by Gasteiger charge is -2.19. The molecule has 1 fully saturated rings. The molecule has 0 spiro atoms.